The lowest BCUT2D eigenvalue weighted by Gasteiger charge is -2.20. The molecule has 0 aromatic heterocycles. The van der Waals surface area contributed by atoms with Crippen LogP contribution in [0.3, 0.4) is 0 Å². The number of ether oxygens (including phenoxy) is 1. The molecule has 0 heterocycles. The summed E-state index contributed by atoms with van der Waals surface area (Å²) in [5, 5.41) is 4.14. The van der Waals surface area contributed by atoms with Gasteiger partial charge in [-0.15, -0.1) is 0 Å². The minimum absolute atomic E-state index is 0.102. The zero-order valence-corrected chi connectivity index (χ0v) is 16.9. The summed E-state index contributed by atoms with van der Waals surface area (Å²) in [5.74, 6) is 0.889. The van der Waals surface area contributed by atoms with Gasteiger partial charge in [0.25, 0.3) is 0 Å². The highest BCUT2D eigenvalue weighted by Gasteiger charge is 2.18. The first-order chi connectivity index (χ1) is 13.6. The molecule has 0 aliphatic heterocycles. The van der Waals surface area contributed by atoms with E-state index in [0.29, 0.717) is 11.4 Å². The maximum Gasteiger partial charge on any atom is 0.165 e. The third-order valence-electron chi connectivity index (χ3n) is 4.78. The van der Waals surface area contributed by atoms with E-state index in [0.717, 1.165) is 29.0 Å². The van der Waals surface area contributed by atoms with Crippen molar-refractivity contribution in [2.75, 3.05) is 12.4 Å². The van der Waals surface area contributed by atoms with Gasteiger partial charge in [0, 0.05) is 22.7 Å². The summed E-state index contributed by atoms with van der Waals surface area (Å²) in [5.41, 5.74) is 3.89. The second-order valence-electron chi connectivity index (χ2n) is 6.65. The van der Waals surface area contributed by atoms with E-state index in [1.165, 1.54) is 5.56 Å². The third kappa shape index (κ3) is 5.14. The molecule has 3 aromatic carbocycles. The normalized spacial score (nSPS) is 11.7. The molecule has 0 spiro atoms. The van der Waals surface area contributed by atoms with Crippen molar-refractivity contribution in [1.29, 1.82) is 0 Å². The van der Waals surface area contributed by atoms with E-state index in [9.17, 15) is 4.79 Å². The predicted octanol–water partition coefficient (Wildman–Crippen LogP) is 6.34. The average molecular weight is 394 g/mol. The highest BCUT2D eigenvalue weighted by atomic mass is 35.5. The van der Waals surface area contributed by atoms with Crippen LogP contribution in [0.2, 0.25) is 5.02 Å². The molecule has 0 saturated heterocycles. The summed E-state index contributed by atoms with van der Waals surface area (Å²) in [6, 6.07) is 23.0. The number of Topliss-reactive ketones (excluding diaryl/α,β-unsaturated/α-hetero) is 1. The number of benzene rings is 3. The Kier molecular flexibility index (Phi) is 6.72. The molecular formula is C24H24ClNO2. The lowest BCUT2D eigenvalue weighted by atomic mass is 9.96. The van der Waals surface area contributed by atoms with Gasteiger partial charge < -0.3 is 10.1 Å². The quantitative estimate of drug-likeness (QED) is 0.454. The molecule has 0 aliphatic rings. The van der Waals surface area contributed by atoms with Crippen molar-refractivity contribution in [3.8, 4) is 5.75 Å². The second-order valence-corrected chi connectivity index (χ2v) is 7.09. The van der Waals surface area contributed by atoms with Crippen LogP contribution >= 0.6 is 11.6 Å². The number of hydrogen-bond donors (Lipinski definition) is 1. The van der Waals surface area contributed by atoms with Crippen LogP contribution in [0.4, 0.5) is 5.69 Å². The lowest BCUT2D eigenvalue weighted by Crippen LogP contribution is -2.16. The number of halogens is 1. The molecule has 0 fully saturated rings. The number of anilines is 1. The number of aryl methyl sites for hydroxylation is 1. The fourth-order valence-electron chi connectivity index (χ4n) is 3.07. The van der Waals surface area contributed by atoms with E-state index in [4.69, 9.17) is 16.3 Å². The predicted molar refractivity (Wildman–Crippen MR) is 116 cm³/mol. The van der Waals surface area contributed by atoms with Crippen LogP contribution in [0.5, 0.6) is 5.75 Å². The van der Waals surface area contributed by atoms with Crippen molar-refractivity contribution in [3.05, 3.63) is 94.5 Å². The van der Waals surface area contributed by atoms with E-state index in [1.54, 1.807) is 7.11 Å². The topological polar surface area (TPSA) is 38.3 Å². The molecule has 0 saturated carbocycles. The Morgan fingerprint density at radius 2 is 1.61 bits per heavy atom. The Labute approximate surface area is 171 Å². The third-order valence-corrected chi connectivity index (χ3v) is 5.03. The molecular weight excluding hydrogens is 370 g/mol. The Balaban J connectivity index is 1.83. The van der Waals surface area contributed by atoms with Crippen molar-refractivity contribution in [1.82, 2.24) is 0 Å². The van der Waals surface area contributed by atoms with Crippen LogP contribution in [-0.2, 0) is 6.42 Å². The summed E-state index contributed by atoms with van der Waals surface area (Å²) in [6.07, 6.45) is 1.31. The first-order valence-corrected chi connectivity index (χ1v) is 9.75. The molecule has 3 aromatic rings. The van der Waals surface area contributed by atoms with Gasteiger partial charge in [0.1, 0.15) is 5.75 Å². The van der Waals surface area contributed by atoms with E-state index in [1.807, 2.05) is 72.8 Å². The standard InChI is InChI=1S/C24H24ClNO2/c1-3-17-4-6-19(7-5-17)24(27)16-23(18-8-14-22(28-2)15-9-18)26-21-12-10-20(25)11-13-21/h4-15,23,26H,3,16H2,1-2H3. The minimum Gasteiger partial charge on any atom is -0.497 e. The van der Waals surface area contributed by atoms with Gasteiger partial charge in [0.05, 0.1) is 13.2 Å². The SMILES string of the molecule is CCc1ccc(C(=O)CC(Nc2ccc(Cl)cc2)c2ccc(OC)cc2)cc1. The van der Waals surface area contributed by atoms with Crippen LogP contribution in [0.1, 0.15) is 40.9 Å². The van der Waals surface area contributed by atoms with Crippen molar-refractivity contribution in [2.24, 2.45) is 0 Å². The summed E-state index contributed by atoms with van der Waals surface area (Å²) in [7, 11) is 1.64. The van der Waals surface area contributed by atoms with E-state index < -0.39 is 0 Å². The number of ketones is 1. The number of nitrogens with one attached hydrogen (secondary N) is 1. The zero-order valence-electron chi connectivity index (χ0n) is 16.1. The second kappa shape index (κ2) is 9.43. The van der Waals surface area contributed by atoms with Gasteiger partial charge >= 0.3 is 0 Å². The molecule has 3 rings (SSSR count). The van der Waals surface area contributed by atoms with Crippen LogP contribution in [0.25, 0.3) is 0 Å². The van der Waals surface area contributed by atoms with Crippen LogP contribution < -0.4 is 10.1 Å². The van der Waals surface area contributed by atoms with Crippen molar-refractivity contribution >= 4 is 23.1 Å². The van der Waals surface area contributed by atoms with Gasteiger partial charge in [-0.25, -0.2) is 0 Å². The molecule has 1 N–H and O–H groups in total. The summed E-state index contributed by atoms with van der Waals surface area (Å²) in [6.45, 7) is 2.10. The molecule has 1 unspecified atom stereocenters. The number of methoxy groups -OCH3 is 1. The molecule has 1 atom stereocenters. The van der Waals surface area contributed by atoms with Gasteiger partial charge in [-0.1, -0.05) is 54.9 Å². The Hall–Kier alpha value is -2.78. The summed E-state index contributed by atoms with van der Waals surface area (Å²) in [4.78, 5) is 12.9. The van der Waals surface area contributed by atoms with Gasteiger partial charge in [0.2, 0.25) is 0 Å². The van der Waals surface area contributed by atoms with E-state index >= 15 is 0 Å². The molecule has 144 valence electrons. The van der Waals surface area contributed by atoms with Crippen molar-refractivity contribution < 1.29 is 9.53 Å². The Bertz CT molecular complexity index is 903. The smallest absolute Gasteiger partial charge is 0.165 e. The Morgan fingerprint density at radius 1 is 0.964 bits per heavy atom. The average Bonchev–Trinajstić information content (AvgIpc) is 2.75. The number of rotatable bonds is 8. The fourth-order valence-corrected chi connectivity index (χ4v) is 3.19. The maximum atomic E-state index is 12.9. The highest BCUT2D eigenvalue weighted by Crippen LogP contribution is 2.27. The summed E-state index contributed by atoms with van der Waals surface area (Å²) >= 11 is 5.99. The van der Waals surface area contributed by atoms with Crippen LogP contribution in [0, 0.1) is 0 Å². The van der Waals surface area contributed by atoms with Gasteiger partial charge in [-0.05, 0) is 53.9 Å². The molecule has 0 aliphatic carbocycles. The lowest BCUT2D eigenvalue weighted by molar-refractivity contribution is 0.0976. The van der Waals surface area contributed by atoms with Gasteiger partial charge in [0.15, 0.2) is 5.78 Å². The highest BCUT2D eigenvalue weighted by molar-refractivity contribution is 6.30. The number of hydrogen-bond acceptors (Lipinski definition) is 3. The molecule has 0 amide bonds. The molecule has 3 nitrogen and oxygen atoms in total. The first-order valence-electron chi connectivity index (χ1n) is 9.37. The molecule has 28 heavy (non-hydrogen) atoms. The summed E-state index contributed by atoms with van der Waals surface area (Å²) < 4.78 is 5.25. The molecule has 0 bridgehead atoms. The number of carbonyl (C=O) groups excluding carboxylic acids is 1. The van der Waals surface area contributed by atoms with Crippen LogP contribution in [-0.4, -0.2) is 12.9 Å². The van der Waals surface area contributed by atoms with E-state index in [-0.39, 0.29) is 11.8 Å². The molecule has 0 radical (unpaired) electrons. The van der Waals surface area contributed by atoms with Crippen molar-refractivity contribution in [2.45, 2.75) is 25.8 Å². The maximum absolute atomic E-state index is 12.9. The first kappa shape index (κ1) is 20.0. The zero-order chi connectivity index (χ0) is 19.9. The van der Waals surface area contributed by atoms with Gasteiger partial charge in [-0.2, -0.15) is 0 Å². The fraction of sp³-hybridized carbons (Fsp3) is 0.208. The van der Waals surface area contributed by atoms with Crippen molar-refractivity contribution in [3.63, 3.8) is 0 Å². The minimum atomic E-state index is -0.162. The number of carbonyl (C=O) groups is 1. The van der Waals surface area contributed by atoms with Gasteiger partial charge in [-0.3, -0.25) is 4.79 Å². The van der Waals surface area contributed by atoms with E-state index in [2.05, 4.69) is 12.2 Å². The monoisotopic (exact) mass is 393 g/mol. The molecule has 4 heteroatoms. The van der Waals surface area contributed by atoms with Crippen LogP contribution in [0.15, 0.2) is 72.8 Å². The Morgan fingerprint density at radius 3 is 2.18 bits per heavy atom. The largest absolute Gasteiger partial charge is 0.497 e.